The van der Waals surface area contributed by atoms with Gasteiger partial charge in [-0.05, 0) is 49.4 Å². The van der Waals surface area contributed by atoms with Gasteiger partial charge in [0, 0.05) is 22.7 Å². The summed E-state index contributed by atoms with van der Waals surface area (Å²) in [7, 11) is 1.60. The second kappa shape index (κ2) is 10.1. The average Bonchev–Trinajstić information content (AvgIpc) is 3.14. The number of hydrogen-bond acceptors (Lipinski definition) is 7. The summed E-state index contributed by atoms with van der Waals surface area (Å²) in [5, 5.41) is 14.1. The third-order valence-electron chi connectivity index (χ3n) is 4.01. The van der Waals surface area contributed by atoms with Crippen LogP contribution >= 0.6 is 23.1 Å². The molecule has 1 atom stereocenters. The topological polar surface area (TPSA) is 118 Å². The van der Waals surface area contributed by atoms with Gasteiger partial charge in [0.05, 0.1) is 22.6 Å². The van der Waals surface area contributed by atoms with Gasteiger partial charge in [0.25, 0.3) is 0 Å². The fourth-order valence-electron chi connectivity index (χ4n) is 2.50. The largest absolute Gasteiger partial charge is 0.497 e. The molecule has 0 aliphatic rings. The smallest absolute Gasteiger partial charge is 0.328 e. The van der Waals surface area contributed by atoms with Crippen molar-refractivity contribution in [2.24, 2.45) is 0 Å². The second-order valence-corrected chi connectivity index (χ2v) is 8.73. The summed E-state index contributed by atoms with van der Waals surface area (Å²) >= 11 is 2.74. The molecule has 0 saturated carbocycles. The monoisotopic (exact) mass is 457 g/mol. The van der Waals surface area contributed by atoms with Crippen LogP contribution in [-0.4, -0.2) is 40.2 Å². The van der Waals surface area contributed by atoms with E-state index < -0.39 is 11.9 Å². The van der Waals surface area contributed by atoms with Crippen LogP contribution in [0.2, 0.25) is 0 Å². The second-order valence-electron chi connectivity index (χ2n) is 6.29. The van der Waals surface area contributed by atoms with Crippen molar-refractivity contribution in [1.29, 1.82) is 0 Å². The highest BCUT2D eigenvalue weighted by Gasteiger charge is 2.17. The fourth-order valence-corrected chi connectivity index (χ4v) is 4.26. The van der Waals surface area contributed by atoms with E-state index in [0.29, 0.717) is 10.8 Å². The fraction of sp³-hybridized carbons (Fsp3) is 0.143. The van der Waals surface area contributed by atoms with Crippen molar-refractivity contribution in [2.75, 3.05) is 17.7 Å². The molecule has 0 fully saturated rings. The molecule has 1 aromatic heterocycles. The van der Waals surface area contributed by atoms with Gasteiger partial charge in [0.15, 0.2) is 5.13 Å². The maximum atomic E-state index is 12.6. The minimum Gasteiger partial charge on any atom is -0.497 e. The number of carbonyl (C=O) groups excluding carboxylic acids is 2. The van der Waals surface area contributed by atoms with Crippen LogP contribution in [0.4, 0.5) is 10.8 Å². The number of aliphatic carboxylic acids is 1. The SMILES string of the molecule is COc1ccc2nc(NC(=O)C(C)Sc3ccc(NC(=O)/C=C/C(=O)O)cc3)sc2c1. The number of carboxylic acids is 1. The molecule has 31 heavy (non-hydrogen) atoms. The Balaban J connectivity index is 1.57. The maximum absolute atomic E-state index is 12.6. The molecule has 0 saturated heterocycles. The third-order valence-corrected chi connectivity index (χ3v) is 6.05. The van der Waals surface area contributed by atoms with Crippen LogP contribution in [0.25, 0.3) is 10.2 Å². The zero-order valence-corrected chi connectivity index (χ0v) is 18.3. The van der Waals surface area contributed by atoms with E-state index in [1.807, 2.05) is 18.2 Å². The number of rotatable bonds is 8. The zero-order valence-electron chi connectivity index (χ0n) is 16.6. The van der Waals surface area contributed by atoms with Gasteiger partial charge in [0.1, 0.15) is 5.75 Å². The molecule has 3 aromatic rings. The summed E-state index contributed by atoms with van der Waals surface area (Å²) in [6, 6.07) is 12.4. The van der Waals surface area contributed by atoms with Crippen molar-refractivity contribution in [1.82, 2.24) is 4.98 Å². The van der Waals surface area contributed by atoms with Crippen molar-refractivity contribution in [3.8, 4) is 5.75 Å². The van der Waals surface area contributed by atoms with E-state index in [-0.39, 0.29) is 11.2 Å². The average molecular weight is 458 g/mol. The Hall–Kier alpha value is -3.37. The van der Waals surface area contributed by atoms with Crippen molar-refractivity contribution < 1.29 is 24.2 Å². The lowest BCUT2D eigenvalue weighted by Gasteiger charge is -2.11. The Morgan fingerprint density at radius 2 is 1.87 bits per heavy atom. The number of carbonyl (C=O) groups is 3. The molecule has 10 heteroatoms. The van der Waals surface area contributed by atoms with Gasteiger partial charge in [0.2, 0.25) is 11.8 Å². The van der Waals surface area contributed by atoms with Gasteiger partial charge in [-0.1, -0.05) is 11.3 Å². The number of hydrogen-bond donors (Lipinski definition) is 3. The Morgan fingerprint density at radius 3 is 2.55 bits per heavy atom. The molecule has 160 valence electrons. The molecule has 0 bridgehead atoms. The van der Waals surface area contributed by atoms with E-state index in [9.17, 15) is 14.4 Å². The molecule has 0 spiro atoms. The van der Waals surface area contributed by atoms with Crippen LogP contribution in [0.5, 0.6) is 5.75 Å². The number of anilines is 2. The number of thioether (sulfide) groups is 1. The van der Waals surface area contributed by atoms with Crippen molar-refractivity contribution in [2.45, 2.75) is 17.1 Å². The van der Waals surface area contributed by atoms with Crippen LogP contribution in [0.3, 0.4) is 0 Å². The van der Waals surface area contributed by atoms with Crippen LogP contribution in [-0.2, 0) is 14.4 Å². The summed E-state index contributed by atoms with van der Waals surface area (Å²) in [5.74, 6) is -1.17. The van der Waals surface area contributed by atoms with Crippen LogP contribution in [0.15, 0.2) is 59.5 Å². The van der Waals surface area contributed by atoms with Gasteiger partial charge in [-0.25, -0.2) is 9.78 Å². The predicted molar refractivity (Wildman–Crippen MR) is 122 cm³/mol. The number of benzene rings is 2. The molecule has 0 aliphatic carbocycles. The van der Waals surface area contributed by atoms with E-state index >= 15 is 0 Å². The number of carboxylic acid groups (broad SMARTS) is 1. The quantitative estimate of drug-likeness (QED) is 0.346. The van der Waals surface area contributed by atoms with Gasteiger partial charge in [-0.15, -0.1) is 11.8 Å². The molecule has 2 aromatic carbocycles. The lowest BCUT2D eigenvalue weighted by atomic mass is 10.3. The number of amides is 2. The number of nitrogens with zero attached hydrogens (tertiary/aromatic N) is 1. The minimum atomic E-state index is -1.19. The first-order chi connectivity index (χ1) is 14.8. The standard InChI is InChI=1S/C21H19N3O5S2/c1-12(20(28)24-21-23-16-8-5-14(29-2)11-17(16)31-21)30-15-6-3-13(4-7-15)22-18(25)9-10-19(26)27/h3-12H,1-2H3,(H,22,25)(H,26,27)(H,23,24,28)/b10-9+. The van der Waals surface area contributed by atoms with Crippen molar-refractivity contribution >= 4 is 61.9 Å². The predicted octanol–water partition coefficient (Wildman–Crippen LogP) is 4.00. The number of methoxy groups -OCH3 is 1. The molecule has 2 amide bonds. The highest BCUT2D eigenvalue weighted by molar-refractivity contribution is 8.00. The maximum Gasteiger partial charge on any atom is 0.328 e. The number of ether oxygens (including phenoxy) is 1. The lowest BCUT2D eigenvalue weighted by Crippen LogP contribution is -2.22. The number of fused-ring (bicyclic) bond motifs is 1. The number of aromatic nitrogens is 1. The van der Waals surface area contributed by atoms with Gasteiger partial charge < -0.3 is 20.5 Å². The van der Waals surface area contributed by atoms with E-state index in [0.717, 1.165) is 33.0 Å². The lowest BCUT2D eigenvalue weighted by molar-refractivity contribution is -0.131. The van der Waals surface area contributed by atoms with Crippen molar-refractivity contribution in [3.63, 3.8) is 0 Å². The van der Waals surface area contributed by atoms with Gasteiger partial charge >= 0.3 is 5.97 Å². The van der Waals surface area contributed by atoms with E-state index in [4.69, 9.17) is 9.84 Å². The summed E-state index contributed by atoms with van der Waals surface area (Å²) in [6.45, 7) is 1.79. The molecule has 3 rings (SSSR count). The molecule has 0 aliphatic heterocycles. The summed E-state index contributed by atoms with van der Waals surface area (Å²) in [5.41, 5.74) is 1.31. The third kappa shape index (κ3) is 6.30. The normalized spacial score (nSPS) is 11.9. The van der Waals surface area contributed by atoms with Crippen molar-refractivity contribution in [3.05, 3.63) is 54.6 Å². The Labute approximate surface area is 186 Å². The summed E-state index contributed by atoms with van der Waals surface area (Å²) in [4.78, 5) is 39.9. The Kier molecular flexibility index (Phi) is 7.27. The number of nitrogens with one attached hydrogen (secondary N) is 2. The van der Waals surface area contributed by atoms with Gasteiger partial charge in [-0.2, -0.15) is 0 Å². The zero-order chi connectivity index (χ0) is 22.4. The molecule has 0 radical (unpaired) electrons. The highest BCUT2D eigenvalue weighted by Crippen LogP contribution is 2.30. The first-order valence-electron chi connectivity index (χ1n) is 9.08. The first kappa shape index (κ1) is 22.3. The van der Waals surface area contributed by atoms with E-state index in [2.05, 4.69) is 15.6 Å². The highest BCUT2D eigenvalue weighted by atomic mass is 32.2. The summed E-state index contributed by atoms with van der Waals surface area (Å²) < 4.78 is 6.13. The molecule has 1 unspecified atom stereocenters. The Bertz CT molecular complexity index is 1140. The molecule has 3 N–H and O–H groups in total. The van der Waals surface area contributed by atoms with E-state index in [1.165, 1.54) is 23.1 Å². The Morgan fingerprint density at radius 1 is 1.13 bits per heavy atom. The minimum absolute atomic E-state index is 0.174. The number of thiazole rings is 1. The van der Waals surface area contributed by atoms with Crippen LogP contribution < -0.4 is 15.4 Å². The molecule has 1 heterocycles. The summed E-state index contributed by atoms with van der Waals surface area (Å²) in [6.07, 6.45) is 1.71. The first-order valence-corrected chi connectivity index (χ1v) is 10.8. The van der Waals surface area contributed by atoms with Gasteiger partial charge in [-0.3, -0.25) is 9.59 Å². The molecular weight excluding hydrogens is 438 g/mol. The molecular formula is C21H19N3O5S2. The molecule has 8 nitrogen and oxygen atoms in total. The van der Waals surface area contributed by atoms with Crippen LogP contribution in [0.1, 0.15) is 6.92 Å². The van der Waals surface area contributed by atoms with Crippen LogP contribution in [0, 0.1) is 0 Å². The van der Waals surface area contributed by atoms with E-state index in [1.54, 1.807) is 38.3 Å².